The maximum absolute atomic E-state index is 12.1. The Morgan fingerprint density at radius 3 is 2.96 bits per heavy atom. The minimum Gasteiger partial charge on any atom is -0.493 e. The van der Waals surface area contributed by atoms with Crippen LogP contribution in [0.5, 0.6) is 5.75 Å². The van der Waals surface area contributed by atoms with Gasteiger partial charge in [-0.25, -0.2) is 4.79 Å². The standard InChI is InChI=1S/C18H23BrN2O3S/c1-17(2,3)24-16(22)20-15-21-18(4)11(10-25-15)7-8-23-14-6-5-12(19)9-13(14)18/h5-6,9,11H,7-8,10H2,1-4H3,(H,20,21,22). The van der Waals surface area contributed by atoms with Crippen molar-refractivity contribution in [2.45, 2.75) is 45.3 Å². The van der Waals surface area contributed by atoms with E-state index in [1.807, 2.05) is 32.9 Å². The van der Waals surface area contributed by atoms with Crippen molar-refractivity contribution < 1.29 is 14.3 Å². The molecular weight excluding hydrogens is 404 g/mol. The number of nitrogens with zero attached hydrogens (tertiary/aromatic N) is 1. The number of amidine groups is 1. The maximum Gasteiger partial charge on any atom is 0.413 e. The van der Waals surface area contributed by atoms with Crippen molar-refractivity contribution in [2.75, 3.05) is 12.4 Å². The lowest BCUT2D eigenvalue weighted by molar-refractivity contribution is 0.0564. The van der Waals surface area contributed by atoms with Gasteiger partial charge in [-0.15, -0.1) is 0 Å². The molecule has 1 amide bonds. The number of carbonyl (C=O) groups excluding carboxylic acids is 1. The van der Waals surface area contributed by atoms with E-state index in [1.165, 1.54) is 0 Å². The van der Waals surface area contributed by atoms with Crippen LogP contribution in [0.25, 0.3) is 0 Å². The van der Waals surface area contributed by atoms with E-state index in [9.17, 15) is 4.79 Å². The Morgan fingerprint density at radius 2 is 2.24 bits per heavy atom. The van der Waals surface area contributed by atoms with Crippen molar-refractivity contribution in [1.82, 2.24) is 5.32 Å². The van der Waals surface area contributed by atoms with E-state index in [0.29, 0.717) is 17.7 Å². The molecule has 25 heavy (non-hydrogen) atoms. The summed E-state index contributed by atoms with van der Waals surface area (Å²) in [7, 11) is 0. The number of amides is 1. The first-order valence-corrected chi connectivity index (χ1v) is 10.1. The van der Waals surface area contributed by atoms with E-state index >= 15 is 0 Å². The lowest BCUT2D eigenvalue weighted by Crippen LogP contribution is -2.42. The highest BCUT2D eigenvalue weighted by Crippen LogP contribution is 2.47. The molecule has 2 aliphatic heterocycles. The number of nitrogens with one attached hydrogen (secondary N) is 1. The summed E-state index contributed by atoms with van der Waals surface area (Å²) in [5.41, 5.74) is 0.0723. The maximum atomic E-state index is 12.1. The van der Waals surface area contributed by atoms with Gasteiger partial charge < -0.3 is 9.47 Å². The van der Waals surface area contributed by atoms with Crippen LogP contribution in [0, 0.1) is 5.92 Å². The Hall–Kier alpha value is -1.21. The third kappa shape index (κ3) is 4.14. The Kier molecular flexibility index (Phi) is 5.08. The first-order valence-electron chi connectivity index (χ1n) is 8.33. The zero-order valence-corrected chi connectivity index (χ0v) is 17.3. The van der Waals surface area contributed by atoms with Gasteiger partial charge in [-0.1, -0.05) is 27.7 Å². The number of benzene rings is 1. The molecule has 0 aromatic heterocycles. The Morgan fingerprint density at radius 1 is 1.48 bits per heavy atom. The molecule has 5 nitrogen and oxygen atoms in total. The van der Waals surface area contributed by atoms with Crippen LogP contribution in [0.4, 0.5) is 4.79 Å². The topological polar surface area (TPSA) is 59.9 Å². The van der Waals surface area contributed by atoms with Crippen LogP contribution < -0.4 is 10.1 Å². The van der Waals surface area contributed by atoms with Crippen LogP contribution in [-0.4, -0.2) is 29.2 Å². The van der Waals surface area contributed by atoms with Crippen LogP contribution in [0.1, 0.15) is 39.7 Å². The number of carbonyl (C=O) groups is 1. The largest absolute Gasteiger partial charge is 0.493 e. The van der Waals surface area contributed by atoms with Crippen LogP contribution in [0.2, 0.25) is 0 Å². The van der Waals surface area contributed by atoms with Gasteiger partial charge in [0.2, 0.25) is 0 Å². The summed E-state index contributed by atoms with van der Waals surface area (Å²) >= 11 is 5.11. The van der Waals surface area contributed by atoms with Crippen molar-refractivity contribution >= 4 is 39.0 Å². The molecule has 0 saturated heterocycles. The number of alkyl carbamates (subject to hydrolysis) is 1. The zero-order valence-electron chi connectivity index (χ0n) is 14.9. The second kappa shape index (κ2) is 6.83. The fraction of sp³-hybridized carbons (Fsp3) is 0.556. The number of rotatable bonds is 0. The molecule has 0 radical (unpaired) electrons. The summed E-state index contributed by atoms with van der Waals surface area (Å²) in [6.45, 7) is 8.33. The van der Waals surface area contributed by atoms with Crippen molar-refractivity contribution in [3.8, 4) is 5.75 Å². The summed E-state index contributed by atoms with van der Waals surface area (Å²) in [5, 5.41) is 3.40. The molecule has 0 fully saturated rings. The molecule has 136 valence electrons. The van der Waals surface area contributed by atoms with Gasteiger partial charge in [0.25, 0.3) is 0 Å². The summed E-state index contributed by atoms with van der Waals surface area (Å²) in [6.07, 6.45) is 0.457. The molecule has 0 spiro atoms. The number of hydrogen-bond donors (Lipinski definition) is 1. The number of hydrogen-bond acceptors (Lipinski definition) is 5. The molecule has 1 N–H and O–H groups in total. The van der Waals surface area contributed by atoms with Crippen LogP contribution in [-0.2, 0) is 10.3 Å². The predicted molar refractivity (Wildman–Crippen MR) is 104 cm³/mol. The second-order valence-electron chi connectivity index (χ2n) is 7.48. The van der Waals surface area contributed by atoms with Crippen molar-refractivity contribution in [1.29, 1.82) is 0 Å². The van der Waals surface area contributed by atoms with E-state index in [-0.39, 0.29) is 0 Å². The molecule has 2 aliphatic rings. The highest BCUT2D eigenvalue weighted by Gasteiger charge is 2.43. The molecule has 1 aromatic carbocycles. The molecule has 3 rings (SSSR count). The summed E-state index contributed by atoms with van der Waals surface area (Å²) in [5.74, 6) is 2.08. The Bertz CT molecular complexity index is 717. The van der Waals surface area contributed by atoms with Gasteiger partial charge in [0.1, 0.15) is 11.4 Å². The highest BCUT2D eigenvalue weighted by molar-refractivity contribution is 9.10. The minimum atomic E-state index is -0.538. The molecule has 2 unspecified atom stereocenters. The van der Waals surface area contributed by atoms with Crippen LogP contribution in [0.3, 0.4) is 0 Å². The molecule has 2 atom stereocenters. The molecule has 7 heteroatoms. The number of thioether (sulfide) groups is 1. The molecule has 0 bridgehead atoms. The SMILES string of the molecule is CC(C)(C)OC(=O)NC1=NC2(C)c3cc(Br)ccc3OCCC2CS1. The van der Waals surface area contributed by atoms with E-state index in [1.54, 1.807) is 11.8 Å². The predicted octanol–water partition coefficient (Wildman–Crippen LogP) is 4.69. The van der Waals surface area contributed by atoms with Gasteiger partial charge in [0.15, 0.2) is 5.17 Å². The summed E-state index contributed by atoms with van der Waals surface area (Å²) < 4.78 is 12.3. The number of halogens is 1. The van der Waals surface area contributed by atoms with Crippen LogP contribution in [0.15, 0.2) is 27.7 Å². The third-order valence-electron chi connectivity index (χ3n) is 4.37. The minimum absolute atomic E-state index is 0.345. The first-order chi connectivity index (χ1) is 11.7. The second-order valence-corrected chi connectivity index (χ2v) is 9.40. The Balaban J connectivity index is 1.92. The average Bonchev–Trinajstić information content (AvgIpc) is 2.61. The number of fused-ring (bicyclic) bond motifs is 3. The molecule has 0 aliphatic carbocycles. The van der Waals surface area contributed by atoms with E-state index in [2.05, 4.69) is 34.2 Å². The zero-order chi connectivity index (χ0) is 18.2. The first kappa shape index (κ1) is 18.6. The van der Waals surface area contributed by atoms with E-state index in [0.717, 1.165) is 28.0 Å². The average molecular weight is 427 g/mol. The number of aliphatic imine (C=N–C) groups is 1. The van der Waals surface area contributed by atoms with Crippen LogP contribution >= 0.6 is 27.7 Å². The van der Waals surface area contributed by atoms with Crippen molar-refractivity contribution in [3.05, 3.63) is 28.2 Å². The fourth-order valence-electron chi connectivity index (χ4n) is 3.11. The lowest BCUT2D eigenvalue weighted by Gasteiger charge is -2.37. The van der Waals surface area contributed by atoms with Gasteiger partial charge in [0.05, 0.1) is 12.1 Å². The van der Waals surface area contributed by atoms with Gasteiger partial charge in [-0.05, 0) is 52.3 Å². The number of ether oxygens (including phenoxy) is 2. The molecular formula is C18H23BrN2O3S. The summed E-state index contributed by atoms with van der Waals surface area (Å²) in [6, 6.07) is 6.02. The van der Waals surface area contributed by atoms with Crippen molar-refractivity contribution in [3.63, 3.8) is 0 Å². The molecule has 1 aromatic rings. The quantitative estimate of drug-likeness (QED) is 0.653. The van der Waals surface area contributed by atoms with Gasteiger partial charge in [-0.2, -0.15) is 0 Å². The van der Waals surface area contributed by atoms with E-state index < -0.39 is 17.2 Å². The summed E-state index contributed by atoms with van der Waals surface area (Å²) in [4.78, 5) is 17.0. The van der Waals surface area contributed by atoms with Gasteiger partial charge in [0, 0.05) is 21.7 Å². The van der Waals surface area contributed by atoms with E-state index in [4.69, 9.17) is 14.5 Å². The monoisotopic (exact) mass is 426 g/mol. The molecule has 0 saturated carbocycles. The normalized spacial score (nSPS) is 25.6. The fourth-order valence-corrected chi connectivity index (χ4v) is 4.73. The highest BCUT2D eigenvalue weighted by atomic mass is 79.9. The third-order valence-corrected chi connectivity index (χ3v) is 5.90. The van der Waals surface area contributed by atoms with Gasteiger partial charge >= 0.3 is 6.09 Å². The van der Waals surface area contributed by atoms with Gasteiger partial charge in [-0.3, -0.25) is 10.3 Å². The van der Waals surface area contributed by atoms with Crippen molar-refractivity contribution in [2.24, 2.45) is 10.9 Å². The smallest absolute Gasteiger partial charge is 0.413 e. The molecule has 2 heterocycles. The Labute approximate surface area is 161 Å². The lowest BCUT2D eigenvalue weighted by atomic mass is 9.79.